The molecule has 4 rings (SSSR count). The third kappa shape index (κ3) is 3.77. The van der Waals surface area contributed by atoms with Crippen molar-refractivity contribution in [3.63, 3.8) is 0 Å². The number of anilines is 1. The highest BCUT2D eigenvalue weighted by molar-refractivity contribution is 14.1. The second-order valence-electron chi connectivity index (χ2n) is 6.51. The second-order valence-corrected chi connectivity index (χ2v) is 7.75. The molecular weight excluding hydrogens is 501 g/mol. The smallest absolute Gasteiger partial charge is 0.355 e. The van der Waals surface area contributed by atoms with Gasteiger partial charge < -0.3 is 23.5 Å². The molecule has 1 aliphatic rings. The van der Waals surface area contributed by atoms with E-state index in [1.54, 1.807) is 4.90 Å². The van der Waals surface area contributed by atoms with Gasteiger partial charge in [-0.2, -0.15) is 0 Å². The molecular formula is C21H18IN3O5. The molecule has 8 nitrogen and oxygen atoms in total. The minimum Gasteiger partial charge on any atom is -0.466 e. The van der Waals surface area contributed by atoms with Crippen molar-refractivity contribution in [2.24, 2.45) is 0 Å². The van der Waals surface area contributed by atoms with Crippen LogP contribution in [0.15, 0.2) is 60.1 Å². The predicted octanol–water partition coefficient (Wildman–Crippen LogP) is 3.00. The quantitative estimate of drug-likeness (QED) is 0.387. The molecule has 1 aliphatic heterocycles. The van der Waals surface area contributed by atoms with Crippen molar-refractivity contribution >= 4 is 45.9 Å². The first-order valence-electron chi connectivity index (χ1n) is 9.01. The number of hydrogen-bond donors (Lipinski definition) is 0. The molecule has 0 saturated carbocycles. The number of rotatable bonds is 4. The summed E-state index contributed by atoms with van der Waals surface area (Å²) < 4.78 is 18.3. The highest BCUT2D eigenvalue weighted by atomic mass is 127. The normalized spacial score (nSPS) is 14.2. The molecule has 0 saturated heterocycles. The summed E-state index contributed by atoms with van der Waals surface area (Å²) in [5, 5.41) is 0. The van der Waals surface area contributed by atoms with Crippen LogP contribution in [0.3, 0.4) is 0 Å². The summed E-state index contributed by atoms with van der Waals surface area (Å²) in [6, 6.07) is 11.5. The fraction of sp³-hybridized carbons (Fsp3) is 0.190. The Morgan fingerprint density at radius 1 is 1.10 bits per heavy atom. The molecule has 0 spiro atoms. The zero-order valence-electron chi connectivity index (χ0n) is 16.3. The van der Waals surface area contributed by atoms with Crippen LogP contribution >= 0.6 is 22.6 Å². The van der Waals surface area contributed by atoms with Gasteiger partial charge in [0.25, 0.3) is 0 Å². The lowest BCUT2D eigenvalue weighted by atomic mass is 10.1. The van der Waals surface area contributed by atoms with Crippen LogP contribution < -0.4 is 4.90 Å². The van der Waals surface area contributed by atoms with Gasteiger partial charge in [0.05, 0.1) is 32.1 Å². The summed E-state index contributed by atoms with van der Waals surface area (Å²) >= 11 is 2.25. The van der Waals surface area contributed by atoms with Crippen molar-refractivity contribution in [2.45, 2.75) is 0 Å². The fourth-order valence-electron chi connectivity index (χ4n) is 3.28. The number of nitrogens with zero attached hydrogens (tertiary/aromatic N) is 3. The molecule has 0 fully saturated rings. The molecule has 0 amide bonds. The Bertz CT molecular complexity index is 1170. The molecule has 0 aliphatic carbocycles. The Morgan fingerprint density at radius 2 is 1.90 bits per heavy atom. The summed E-state index contributed by atoms with van der Waals surface area (Å²) in [6.07, 6.45) is 3.94. The van der Waals surface area contributed by atoms with Crippen molar-refractivity contribution in [3.8, 4) is 11.3 Å². The van der Waals surface area contributed by atoms with E-state index >= 15 is 0 Å². The third-order valence-corrected chi connectivity index (χ3v) is 5.34. The van der Waals surface area contributed by atoms with E-state index in [4.69, 9.17) is 14.2 Å². The van der Waals surface area contributed by atoms with E-state index < -0.39 is 11.9 Å². The minimum absolute atomic E-state index is 0.0294. The van der Waals surface area contributed by atoms with Crippen LogP contribution in [0.2, 0.25) is 0 Å². The van der Waals surface area contributed by atoms with Gasteiger partial charge in [-0.1, -0.05) is 12.1 Å². The first-order valence-corrected chi connectivity index (χ1v) is 10.1. The molecule has 3 aromatic rings. The zero-order chi connectivity index (χ0) is 21.3. The number of imidazole rings is 1. The predicted molar refractivity (Wildman–Crippen MR) is 118 cm³/mol. The van der Waals surface area contributed by atoms with Crippen molar-refractivity contribution in [1.29, 1.82) is 0 Å². The van der Waals surface area contributed by atoms with Gasteiger partial charge in [-0.05, 0) is 46.9 Å². The van der Waals surface area contributed by atoms with Gasteiger partial charge >= 0.3 is 11.9 Å². The number of benzene rings is 1. The number of halogens is 1. The Balaban J connectivity index is 1.78. The molecule has 2 aromatic heterocycles. The summed E-state index contributed by atoms with van der Waals surface area (Å²) in [6.45, 7) is 0.0656. The Kier molecular flexibility index (Phi) is 5.73. The largest absolute Gasteiger partial charge is 0.466 e. The van der Waals surface area contributed by atoms with E-state index in [1.165, 1.54) is 14.2 Å². The Morgan fingerprint density at radius 3 is 2.67 bits per heavy atom. The number of hydrogen-bond acceptors (Lipinski definition) is 7. The van der Waals surface area contributed by atoms with Crippen LogP contribution in [0.1, 0.15) is 0 Å². The van der Waals surface area contributed by atoms with E-state index in [1.807, 2.05) is 53.2 Å². The number of carbonyl (C=O) groups excluding carboxylic acids is 2. The average molecular weight is 519 g/mol. The summed E-state index contributed by atoms with van der Waals surface area (Å²) in [5.41, 5.74) is 3.37. The van der Waals surface area contributed by atoms with Gasteiger partial charge in [0, 0.05) is 27.2 Å². The van der Waals surface area contributed by atoms with Crippen molar-refractivity contribution in [1.82, 2.24) is 9.38 Å². The maximum absolute atomic E-state index is 12.5. The van der Waals surface area contributed by atoms with Crippen LogP contribution in [0, 0.1) is 3.57 Å². The average Bonchev–Trinajstić information content (AvgIpc) is 3.20. The number of aromatic nitrogens is 2. The van der Waals surface area contributed by atoms with Crippen molar-refractivity contribution in [3.05, 3.63) is 63.6 Å². The van der Waals surface area contributed by atoms with Crippen LogP contribution in [0.25, 0.3) is 16.9 Å². The summed E-state index contributed by atoms with van der Waals surface area (Å²) in [7, 11) is 2.53. The topological polar surface area (TPSA) is 82.4 Å². The molecule has 1 aromatic carbocycles. The molecule has 0 unspecified atom stereocenters. The molecule has 9 heteroatoms. The van der Waals surface area contributed by atoms with Gasteiger partial charge in [-0.15, -0.1) is 0 Å². The van der Waals surface area contributed by atoms with Gasteiger partial charge in [0.1, 0.15) is 18.1 Å². The summed E-state index contributed by atoms with van der Waals surface area (Å²) in [4.78, 5) is 30.9. The number of ether oxygens (including phenoxy) is 3. The van der Waals surface area contributed by atoms with Crippen LogP contribution in [-0.4, -0.2) is 48.9 Å². The van der Waals surface area contributed by atoms with Gasteiger partial charge in [-0.25, -0.2) is 14.6 Å². The van der Waals surface area contributed by atoms with Gasteiger partial charge in [0.15, 0.2) is 0 Å². The monoisotopic (exact) mass is 519 g/mol. The third-order valence-electron chi connectivity index (χ3n) is 4.70. The number of esters is 2. The zero-order valence-corrected chi connectivity index (χ0v) is 18.5. The van der Waals surface area contributed by atoms with Crippen LogP contribution in [-0.2, 0) is 23.8 Å². The maximum atomic E-state index is 12.5. The van der Waals surface area contributed by atoms with E-state index in [2.05, 4.69) is 27.6 Å². The van der Waals surface area contributed by atoms with E-state index in [-0.39, 0.29) is 24.6 Å². The Hall–Kier alpha value is -2.92. The van der Waals surface area contributed by atoms with Gasteiger partial charge in [-0.3, -0.25) is 0 Å². The van der Waals surface area contributed by atoms with Crippen molar-refractivity contribution in [2.75, 3.05) is 32.5 Å². The number of fused-ring (bicyclic) bond motifs is 1. The number of carbonyl (C=O) groups is 2. The van der Waals surface area contributed by atoms with Gasteiger partial charge in [0.2, 0.25) is 0 Å². The SMILES string of the molecule is COC(=O)C1=C(C(=O)OC)N(c2cccc(-c3cn4cc(I)ccc4n3)c2)COC1. The molecule has 154 valence electrons. The fourth-order valence-corrected chi connectivity index (χ4v) is 3.76. The van der Waals surface area contributed by atoms with E-state index in [0.717, 1.165) is 20.5 Å². The number of pyridine rings is 1. The molecule has 30 heavy (non-hydrogen) atoms. The molecule has 0 atom stereocenters. The Labute approximate surface area is 186 Å². The first-order chi connectivity index (χ1) is 14.5. The molecule has 0 radical (unpaired) electrons. The lowest BCUT2D eigenvalue weighted by Gasteiger charge is -2.31. The maximum Gasteiger partial charge on any atom is 0.355 e. The molecule has 3 heterocycles. The molecule has 0 bridgehead atoms. The summed E-state index contributed by atoms with van der Waals surface area (Å²) in [5.74, 6) is -1.27. The van der Waals surface area contributed by atoms with Crippen molar-refractivity contribution < 1.29 is 23.8 Å². The highest BCUT2D eigenvalue weighted by Crippen LogP contribution is 2.30. The van der Waals surface area contributed by atoms with Crippen LogP contribution in [0.5, 0.6) is 0 Å². The lowest BCUT2D eigenvalue weighted by Crippen LogP contribution is -2.38. The minimum atomic E-state index is -0.633. The molecule has 0 N–H and O–H groups in total. The lowest BCUT2D eigenvalue weighted by molar-refractivity contribution is -0.140. The number of methoxy groups -OCH3 is 2. The second kappa shape index (κ2) is 8.44. The van der Waals surface area contributed by atoms with E-state index in [9.17, 15) is 9.59 Å². The van der Waals surface area contributed by atoms with E-state index in [0.29, 0.717) is 5.69 Å². The first kappa shape index (κ1) is 20.4. The highest BCUT2D eigenvalue weighted by Gasteiger charge is 2.32. The standard InChI is InChI=1S/C21H18IN3O5/c1-28-20(26)16-11-30-12-25(19(16)21(27)29-2)15-5-3-4-13(8-15)17-10-24-9-14(22)6-7-18(24)23-17/h3-10H,11-12H2,1-2H3. The van der Waals surface area contributed by atoms with Crippen LogP contribution in [0.4, 0.5) is 5.69 Å².